The topological polar surface area (TPSA) is 40.6 Å². The van der Waals surface area contributed by atoms with E-state index < -0.39 is 15.8 Å². The van der Waals surface area contributed by atoms with Gasteiger partial charge in [-0.15, -0.1) is 0 Å². The molecule has 124 valence electrons. The molecule has 0 fully saturated rings. The molecule has 0 radical (unpaired) electrons. The highest BCUT2D eigenvalue weighted by atomic mass is 32.2. The minimum Gasteiger partial charge on any atom is -0.308 e. The van der Waals surface area contributed by atoms with E-state index in [0.29, 0.717) is 13.1 Å². The fraction of sp³-hybridized carbons (Fsp3) is 0.294. The average molecular weight is 336 g/mol. The fourth-order valence-corrected chi connectivity index (χ4v) is 3.61. The van der Waals surface area contributed by atoms with Gasteiger partial charge in [0.1, 0.15) is 5.82 Å². The molecule has 0 amide bonds. The molecule has 0 aromatic heterocycles. The average Bonchev–Trinajstić information content (AvgIpc) is 2.52. The Morgan fingerprint density at radius 3 is 2.26 bits per heavy atom. The van der Waals surface area contributed by atoms with Gasteiger partial charge in [-0.2, -0.15) is 4.31 Å². The molecule has 0 saturated carbocycles. The maximum absolute atomic E-state index is 13.4. The summed E-state index contributed by atoms with van der Waals surface area (Å²) in [6.07, 6.45) is 0. The van der Waals surface area contributed by atoms with E-state index in [-0.39, 0.29) is 11.4 Å². The highest BCUT2D eigenvalue weighted by Crippen LogP contribution is 2.19. The number of likely N-dealkylation sites (N-methyl/N-ethyl adjacent to an activating group) is 1. The third-order valence-electron chi connectivity index (χ3n) is 3.43. The summed E-state index contributed by atoms with van der Waals surface area (Å²) >= 11 is 0. The number of halogens is 1. The Kier molecular flexibility index (Phi) is 5.87. The van der Waals surface area contributed by atoms with Crippen LogP contribution >= 0.6 is 0 Å². The van der Waals surface area contributed by atoms with Crippen LogP contribution in [0.4, 0.5) is 4.39 Å². The molecule has 0 atom stereocenters. The van der Waals surface area contributed by atoms with Crippen molar-refractivity contribution in [1.29, 1.82) is 0 Å². The second kappa shape index (κ2) is 7.68. The van der Waals surface area contributed by atoms with Gasteiger partial charge in [-0.1, -0.05) is 36.4 Å². The number of hydrogen-bond donors (Lipinski definition) is 0. The van der Waals surface area contributed by atoms with Gasteiger partial charge < -0.3 is 4.90 Å². The molecule has 4 nitrogen and oxygen atoms in total. The lowest BCUT2D eigenvalue weighted by Crippen LogP contribution is -2.36. The van der Waals surface area contributed by atoms with E-state index in [9.17, 15) is 12.8 Å². The Bertz CT molecular complexity index is 733. The van der Waals surface area contributed by atoms with Crippen LogP contribution in [0, 0.1) is 5.82 Å². The van der Waals surface area contributed by atoms with Crippen molar-refractivity contribution in [3.8, 4) is 0 Å². The van der Waals surface area contributed by atoms with Crippen molar-refractivity contribution >= 4 is 10.0 Å². The van der Waals surface area contributed by atoms with Crippen LogP contribution in [0.2, 0.25) is 0 Å². The third kappa shape index (κ3) is 4.86. The van der Waals surface area contributed by atoms with Crippen molar-refractivity contribution in [3.05, 3.63) is 66.0 Å². The maximum atomic E-state index is 13.4. The van der Waals surface area contributed by atoms with Crippen LogP contribution in [0.25, 0.3) is 0 Å². The minimum absolute atomic E-state index is 0.0211. The Hall–Kier alpha value is -1.76. The van der Waals surface area contributed by atoms with E-state index in [2.05, 4.69) is 0 Å². The Labute approximate surface area is 137 Å². The smallest absolute Gasteiger partial charge is 0.243 e. The first-order chi connectivity index (χ1) is 10.9. The molecule has 0 aliphatic heterocycles. The molecule has 2 aromatic rings. The summed E-state index contributed by atoms with van der Waals surface area (Å²) in [5.74, 6) is -0.557. The summed E-state index contributed by atoms with van der Waals surface area (Å²) in [7, 11) is 0.0181. The number of sulfonamides is 1. The second-order valence-electron chi connectivity index (χ2n) is 5.58. The first kappa shape index (κ1) is 17.6. The van der Waals surface area contributed by atoms with Crippen LogP contribution in [0.15, 0.2) is 59.5 Å². The predicted octanol–water partition coefficient (Wildman–Crippen LogP) is 2.58. The van der Waals surface area contributed by atoms with Gasteiger partial charge in [-0.25, -0.2) is 12.8 Å². The third-order valence-corrected chi connectivity index (χ3v) is 5.27. The second-order valence-corrected chi connectivity index (χ2v) is 7.52. The number of rotatable bonds is 7. The zero-order valence-electron chi connectivity index (χ0n) is 13.3. The molecule has 6 heteroatoms. The number of benzene rings is 2. The van der Waals surface area contributed by atoms with E-state index in [1.165, 1.54) is 22.5 Å². The Morgan fingerprint density at radius 2 is 1.65 bits per heavy atom. The van der Waals surface area contributed by atoms with Gasteiger partial charge in [-0.3, -0.25) is 0 Å². The van der Waals surface area contributed by atoms with Crippen molar-refractivity contribution in [2.75, 3.05) is 27.2 Å². The molecule has 0 saturated heterocycles. The fourth-order valence-electron chi connectivity index (χ4n) is 2.16. The molecule has 0 N–H and O–H groups in total. The minimum atomic E-state index is -3.75. The molecule has 2 rings (SSSR count). The monoisotopic (exact) mass is 336 g/mol. The van der Waals surface area contributed by atoms with E-state index in [4.69, 9.17) is 0 Å². The Morgan fingerprint density at radius 1 is 0.957 bits per heavy atom. The van der Waals surface area contributed by atoms with Gasteiger partial charge in [0.25, 0.3) is 0 Å². The molecule has 0 aliphatic rings. The van der Waals surface area contributed by atoms with Crippen LogP contribution in [0.5, 0.6) is 0 Å². The van der Waals surface area contributed by atoms with Gasteiger partial charge in [0, 0.05) is 19.6 Å². The van der Waals surface area contributed by atoms with Gasteiger partial charge in [0.15, 0.2) is 0 Å². The summed E-state index contributed by atoms with van der Waals surface area (Å²) in [5.41, 5.74) is 0.895. The largest absolute Gasteiger partial charge is 0.308 e. The lowest BCUT2D eigenvalue weighted by Gasteiger charge is -2.24. The van der Waals surface area contributed by atoms with Crippen LogP contribution in [-0.2, 0) is 16.6 Å². The lowest BCUT2D eigenvalue weighted by molar-refractivity contribution is 0.329. The van der Waals surface area contributed by atoms with E-state index >= 15 is 0 Å². The zero-order valence-corrected chi connectivity index (χ0v) is 14.1. The summed E-state index contributed by atoms with van der Waals surface area (Å²) in [5, 5.41) is 0. The first-order valence-electron chi connectivity index (χ1n) is 7.34. The summed E-state index contributed by atoms with van der Waals surface area (Å²) in [4.78, 5) is 1.89. The van der Waals surface area contributed by atoms with Crippen molar-refractivity contribution in [1.82, 2.24) is 9.21 Å². The number of nitrogens with zero attached hydrogens (tertiary/aromatic N) is 2. The molecule has 0 bridgehead atoms. The van der Waals surface area contributed by atoms with Gasteiger partial charge >= 0.3 is 0 Å². The normalized spacial score (nSPS) is 12.0. The number of hydrogen-bond acceptors (Lipinski definition) is 3. The van der Waals surface area contributed by atoms with Crippen LogP contribution < -0.4 is 0 Å². The highest BCUT2D eigenvalue weighted by Gasteiger charge is 2.25. The Balaban J connectivity index is 2.31. The molecule has 2 aromatic carbocycles. The molecule has 0 unspecified atom stereocenters. The van der Waals surface area contributed by atoms with Crippen molar-refractivity contribution in [2.45, 2.75) is 11.4 Å². The molecular weight excluding hydrogens is 315 g/mol. The van der Waals surface area contributed by atoms with Crippen molar-refractivity contribution in [3.63, 3.8) is 0 Å². The SMILES string of the molecule is CN(C)CCN(Cc1ccccc1)S(=O)(=O)c1cccc(F)c1. The van der Waals surface area contributed by atoms with Crippen molar-refractivity contribution < 1.29 is 12.8 Å². The van der Waals surface area contributed by atoms with Crippen LogP contribution in [0.3, 0.4) is 0 Å². The van der Waals surface area contributed by atoms with E-state index in [1.807, 2.05) is 49.3 Å². The molecule has 0 aliphatic carbocycles. The molecule has 0 spiro atoms. The first-order valence-corrected chi connectivity index (χ1v) is 8.78. The van der Waals surface area contributed by atoms with Gasteiger partial charge in [0.2, 0.25) is 10.0 Å². The van der Waals surface area contributed by atoms with Crippen LogP contribution in [0.1, 0.15) is 5.56 Å². The molecular formula is C17H21FN2O2S. The van der Waals surface area contributed by atoms with Gasteiger partial charge in [0.05, 0.1) is 4.90 Å². The quantitative estimate of drug-likeness (QED) is 0.780. The van der Waals surface area contributed by atoms with Gasteiger partial charge in [-0.05, 0) is 37.9 Å². The summed E-state index contributed by atoms with van der Waals surface area (Å²) < 4.78 is 40.5. The summed E-state index contributed by atoms with van der Waals surface area (Å²) in [6.45, 7) is 1.18. The molecule has 0 heterocycles. The van der Waals surface area contributed by atoms with Crippen molar-refractivity contribution in [2.24, 2.45) is 0 Å². The highest BCUT2D eigenvalue weighted by molar-refractivity contribution is 7.89. The predicted molar refractivity (Wildman–Crippen MR) is 89.0 cm³/mol. The van der Waals surface area contributed by atoms with E-state index in [0.717, 1.165) is 11.6 Å². The van der Waals surface area contributed by atoms with Crippen LogP contribution in [-0.4, -0.2) is 44.8 Å². The summed E-state index contributed by atoms with van der Waals surface area (Å²) in [6, 6.07) is 14.5. The standard InChI is InChI=1S/C17H21FN2O2S/c1-19(2)11-12-20(14-15-7-4-3-5-8-15)23(21,22)17-10-6-9-16(18)13-17/h3-10,13H,11-12,14H2,1-2H3. The maximum Gasteiger partial charge on any atom is 0.243 e. The zero-order chi connectivity index (χ0) is 16.9. The lowest BCUT2D eigenvalue weighted by atomic mass is 10.2. The molecule has 23 heavy (non-hydrogen) atoms. The van der Waals surface area contributed by atoms with E-state index in [1.54, 1.807) is 0 Å².